The molecule has 33 heavy (non-hydrogen) atoms. The van der Waals surface area contributed by atoms with Gasteiger partial charge in [0.25, 0.3) is 5.91 Å². The Morgan fingerprint density at radius 2 is 1.76 bits per heavy atom. The van der Waals surface area contributed by atoms with E-state index in [0.29, 0.717) is 11.2 Å². The third-order valence-electron chi connectivity index (χ3n) is 4.03. The molecule has 0 saturated heterocycles. The van der Waals surface area contributed by atoms with Crippen LogP contribution < -0.4 is 5.32 Å². The number of hydrogen-bond acceptors (Lipinski definition) is 5. The lowest BCUT2D eigenvalue weighted by molar-refractivity contribution is -0.148. The lowest BCUT2D eigenvalue weighted by atomic mass is 10.2. The number of amides is 1. The molecule has 0 fully saturated rings. The number of rotatable bonds is 2. The van der Waals surface area contributed by atoms with Crippen molar-refractivity contribution in [1.82, 2.24) is 19.9 Å². The van der Waals surface area contributed by atoms with Crippen LogP contribution in [0.2, 0.25) is 5.02 Å². The van der Waals surface area contributed by atoms with E-state index >= 15 is 0 Å². The van der Waals surface area contributed by atoms with Gasteiger partial charge >= 0.3 is 12.4 Å². The maximum atomic E-state index is 13.2. The molecule has 2 heterocycles. The molecule has 176 valence electrons. The Labute approximate surface area is 191 Å². The highest BCUT2D eigenvalue weighted by Gasteiger charge is 2.41. The van der Waals surface area contributed by atoms with Crippen molar-refractivity contribution < 1.29 is 35.3 Å². The molecule has 3 aromatic rings. The van der Waals surface area contributed by atoms with Crippen molar-refractivity contribution >= 4 is 50.2 Å². The van der Waals surface area contributed by atoms with E-state index in [-0.39, 0.29) is 15.5 Å². The van der Waals surface area contributed by atoms with E-state index < -0.39 is 55.7 Å². The minimum absolute atomic E-state index is 0.0566. The molecule has 0 radical (unpaired) electrons. The standard InChI is InChI=1S/C17H10ClF6N5O2S2/c1-33(31,9-4-2-8(18)3-5-9)28-15(32)27-14(30)10-7-25-29-12(17(22,23)24)6-11(16(19,20)21)26-13(10)29/h2-7H,1H3,(H,27,30,32). The molecular formula is C17H10ClF6N5O2S2. The Bertz CT molecular complexity index is 1380. The first kappa shape index (κ1) is 24.9. The number of carbonyl (C=O) groups excluding carboxylic acids is 1. The second kappa shape index (κ2) is 8.53. The van der Waals surface area contributed by atoms with Crippen molar-refractivity contribution in [1.29, 1.82) is 0 Å². The van der Waals surface area contributed by atoms with Gasteiger partial charge in [-0.15, -0.1) is 0 Å². The van der Waals surface area contributed by atoms with Crippen LogP contribution in [0.1, 0.15) is 21.7 Å². The van der Waals surface area contributed by atoms with E-state index in [0.717, 1.165) is 0 Å². The van der Waals surface area contributed by atoms with E-state index in [2.05, 4.69) is 14.4 Å². The monoisotopic (exact) mass is 529 g/mol. The molecule has 0 aliphatic carbocycles. The zero-order valence-corrected chi connectivity index (χ0v) is 18.4. The van der Waals surface area contributed by atoms with Crippen molar-refractivity contribution in [3.05, 3.63) is 58.5 Å². The fraction of sp³-hybridized carbons (Fsp3) is 0.176. The molecule has 0 aliphatic rings. The first-order valence-electron chi connectivity index (χ1n) is 8.46. The summed E-state index contributed by atoms with van der Waals surface area (Å²) in [5.41, 5.74) is -5.40. The summed E-state index contributed by atoms with van der Waals surface area (Å²) in [5, 5.41) is 5.07. The van der Waals surface area contributed by atoms with Gasteiger partial charge in [0, 0.05) is 16.2 Å². The molecular weight excluding hydrogens is 520 g/mol. The van der Waals surface area contributed by atoms with Gasteiger partial charge in [0.05, 0.1) is 15.9 Å². The Balaban J connectivity index is 2.00. The summed E-state index contributed by atoms with van der Waals surface area (Å²) in [6, 6.07) is 5.48. The zero-order chi connectivity index (χ0) is 24.8. The molecule has 1 atom stereocenters. The SMILES string of the molecule is CS(=O)(=NC(=S)NC(=O)c1cnn2c(C(F)(F)F)cc(C(F)(F)F)nc12)c1ccc(Cl)cc1. The quantitative estimate of drug-likeness (QED) is 0.387. The van der Waals surface area contributed by atoms with Gasteiger partial charge in [0.15, 0.2) is 11.3 Å². The first-order valence-corrected chi connectivity index (χ1v) is 11.2. The van der Waals surface area contributed by atoms with Gasteiger partial charge < -0.3 is 0 Å². The molecule has 0 bridgehead atoms. The first-order chi connectivity index (χ1) is 15.1. The van der Waals surface area contributed by atoms with E-state index in [4.69, 9.17) is 23.8 Å². The Morgan fingerprint density at radius 1 is 1.15 bits per heavy atom. The number of fused-ring (bicyclic) bond motifs is 1. The second-order valence-corrected chi connectivity index (χ2v) is 9.50. The van der Waals surface area contributed by atoms with Crippen LogP contribution in [-0.4, -0.2) is 36.1 Å². The van der Waals surface area contributed by atoms with Gasteiger partial charge in [-0.3, -0.25) is 10.1 Å². The summed E-state index contributed by atoms with van der Waals surface area (Å²) in [6.45, 7) is 0. The van der Waals surface area contributed by atoms with E-state index in [1.807, 2.05) is 5.32 Å². The highest BCUT2D eigenvalue weighted by atomic mass is 35.5. The summed E-state index contributed by atoms with van der Waals surface area (Å²) in [4.78, 5) is 15.8. The van der Waals surface area contributed by atoms with Crippen LogP contribution in [0, 0.1) is 0 Å². The summed E-state index contributed by atoms with van der Waals surface area (Å²) in [7, 11) is -3.16. The molecule has 0 saturated carbocycles. The third kappa shape index (κ3) is 5.42. The fourth-order valence-corrected chi connectivity index (χ4v) is 4.31. The lowest BCUT2D eigenvalue weighted by Gasteiger charge is -2.13. The van der Waals surface area contributed by atoms with Crippen LogP contribution >= 0.6 is 23.8 Å². The molecule has 0 aliphatic heterocycles. The van der Waals surface area contributed by atoms with Crippen LogP contribution in [0.5, 0.6) is 0 Å². The number of halogens is 7. The third-order valence-corrected chi connectivity index (χ3v) is 6.26. The van der Waals surface area contributed by atoms with Gasteiger partial charge in [0.1, 0.15) is 11.3 Å². The highest BCUT2D eigenvalue weighted by Crippen LogP contribution is 2.35. The van der Waals surface area contributed by atoms with Crippen molar-refractivity contribution in [2.45, 2.75) is 17.2 Å². The molecule has 1 N–H and O–H groups in total. The lowest BCUT2D eigenvalue weighted by Crippen LogP contribution is -2.28. The average Bonchev–Trinajstić information content (AvgIpc) is 3.09. The van der Waals surface area contributed by atoms with Gasteiger partial charge in [-0.2, -0.15) is 35.8 Å². The van der Waals surface area contributed by atoms with Crippen LogP contribution in [0.25, 0.3) is 5.65 Å². The number of hydrogen-bond donors (Lipinski definition) is 1. The minimum atomic E-state index is -5.23. The predicted octanol–water partition coefficient (Wildman–Crippen LogP) is 4.59. The molecule has 3 rings (SSSR count). The van der Waals surface area contributed by atoms with Crippen molar-refractivity contribution in [3.8, 4) is 0 Å². The summed E-state index contributed by atoms with van der Waals surface area (Å²) >= 11 is 10.6. The number of carbonyl (C=O) groups is 1. The Kier molecular flexibility index (Phi) is 6.43. The Hall–Kier alpha value is -2.78. The number of alkyl halides is 6. The fourth-order valence-electron chi connectivity index (χ4n) is 2.56. The molecule has 1 amide bonds. The number of nitrogens with one attached hydrogen (secondary N) is 1. The smallest absolute Gasteiger partial charge is 0.296 e. The normalized spacial score (nSPS) is 14.1. The summed E-state index contributed by atoms with van der Waals surface area (Å²) in [6.07, 6.45) is -8.65. The van der Waals surface area contributed by atoms with Crippen LogP contribution in [0.3, 0.4) is 0 Å². The largest absolute Gasteiger partial charge is 0.433 e. The van der Waals surface area contributed by atoms with Crippen LogP contribution in [0.15, 0.2) is 45.8 Å². The van der Waals surface area contributed by atoms with E-state index in [1.54, 1.807) is 0 Å². The van der Waals surface area contributed by atoms with Gasteiger partial charge in [0.2, 0.25) is 5.11 Å². The number of benzene rings is 1. The molecule has 2 aromatic heterocycles. The maximum Gasteiger partial charge on any atom is 0.433 e. The van der Waals surface area contributed by atoms with Crippen LogP contribution in [0.4, 0.5) is 26.3 Å². The summed E-state index contributed by atoms with van der Waals surface area (Å²) in [5.74, 6) is -1.25. The molecule has 7 nitrogen and oxygen atoms in total. The highest BCUT2D eigenvalue weighted by molar-refractivity contribution is 7.94. The number of nitrogens with zero attached hydrogens (tertiary/aromatic N) is 4. The minimum Gasteiger partial charge on any atom is -0.296 e. The predicted molar refractivity (Wildman–Crippen MR) is 109 cm³/mol. The van der Waals surface area contributed by atoms with Crippen molar-refractivity contribution in [2.24, 2.45) is 4.36 Å². The molecule has 1 unspecified atom stereocenters. The van der Waals surface area contributed by atoms with Gasteiger partial charge in [-0.25, -0.2) is 13.7 Å². The molecule has 0 spiro atoms. The molecule has 1 aromatic carbocycles. The van der Waals surface area contributed by atoms with E-state index in [1.165, 1.54) is 30.5 Å². The van der Waals surface area contributed by atoms with Crippen molar-refractivity contribution in [2.75, 3.05) is 6.26 Å². The summed E-state index contributed by atoms with van der Waals surface area (Å²) < 4.78 is 95.5. The average molecular weight is 530 g/mol. The zero-order valence-electron chi connectivity index (χ0n) is 16.0. The maximum absolute atomic E-state index is 13.2. The topological polar surface area (TPSA) is 88.7 Å². The van der Waals surface area contributed by atoms with Gasteiger partial charge in [-0.05, 0) is 42.5 Å². The van der Waals surface area contributed by atoms with E-state index in [9.17, 15) is 35.3 Å². The second-order valence-electron chi connectivity index (χ2n) is 6.42. The van der Waals surface area contributed by atoms with Crippen LogP contribution in [-0.2, 0) is 22.1 Å². The number of thiocarbonyl (C=S) groups is 1. The number of aromatic nitrogens is 3. The van der Waals surface area contributed by atoms with Gasteiger partial charge in [-0.1, -0.05) is 11.6 Å². The van der Waals surface area contributed by atoms with Crippen molar-refractivity contribution in [3.63, 3.8) is 0 Å². The molecule has 16 heteroatoms. The Morgan fingerprint density at radius 3 is 2.30 bits per heavy atom.